The summed E-state index contributed by atoms with van der Waals surface area (Å²) in [6.45, 7) is 3.31. The maximum absolute atomic E-state index is 13.0. The normalized spacial score (nSPS) is 16.9. The maximum atomic E-state index is 13.0. The van der Waals surface area contributed by atoms with Gasteiger partial charge in [0.2, 0.25) is 0 Å². The molecule has 0 saturated carbocycles. The third kappa shape index (κ3) is 4.01. The highest BCUT2D eigenvalue weighted by Crippen LogP contribution is 2.38. The minimum absolute atomic E-state index is 0.174. The van der Waals surface area contributed by atoms with Gasteiger partial charge in [-0.3, -0.25) is 9.69 Å². The second-order valence-electron chi connectivity index (χ2n) is 8.25. The largest absolute Gasteiger partial charge is 0.354 e. The smallest absolute Gasteiger partial charge is 0.258 e. The summed E-state index contributed by atoms with van der Waals surface area (Å²) in [6, 6.07) is 25.7. The molecule has 0 bridgehead atoms. The van der Waals surface area contributed by atoms with Crippen LogP contribution in [0.4, 0.5) is 11.4 Å². The van der Waals surface area contributed by atoms with Crippen molar-refractivity contribution in [1.82, 2.24) is 4.90 Å². The first-order chi connectivity index (χ1) is 15.7. The maximum Gasteiger partial charge on any atom is 0.258 e. The van der Waals surface area contributed by atoms with Crippen LogP contribution in [-0.4, -0.2) is 23.9 Å². The number of benzene rings is 3. The molecule has 0 spiro atoms. The number of nitrogens with zero attached hydrogens (tertiary/aromatic N) is 2. The zero-order valence-corrected chi connectivity index (χ0v) is 17.8. The van der Waals surface area contributed by atoms with Gasteiger partial charge in [-0.15, -0.1) is 0 Å². The molecule has 2 N–H and O–H groups in total. The summed E-state index contributed by atoms with van der Waals surface area (Å²) in [7, 11) is 0. The van der Waals surface area contributed by atoms with Gasteiger partial charge in [-0.25, -0.2) is 0 Å². The molecular formula is C27H24N4O. The molecule has 3 aromatic rings. The molecule has 3 aromatic carbocycles. The van der Waals surface area contributed by atoms with E-state index in [4.69, 9.17) is 0 Å². The Morgan fingerprint density at radius 3 is 2.47 bits per heavy atom. The van der Waals surface area contributed by atoms with Crippen LogP contribution in [0.25, 0.3) is 11.3 Å². The van der Waals surface area contributed by atoms with E-state index in [0.717, 1.165) is 34.7 Å². The van der Waals surface area contributed by atoms with Crippen molar-refractivity contribution in [2.24, 2.45) is 0 Å². The van der Waals surface area contributed by atoms with Crippen molar-refractivity contribution in [1.29, 1.82) is 5.26 Å². The summed E-state index contributed by atoms with van der Waals surface area (Å²) < 4.78 is 0. The fourth-order valence-corrected chi connectivity index (χ4v) is 4.41. The highest BCUT2D eigenvalue weighted by Gasteiger charge is 2.28. The topological polar surface area (TPSA) is 68.2 Å². The predicted octanol–water partition coefficient (Wildman–Crippen LogP) is 5.09. The van der Waals surface area contributed by atoms with Crippen LogP contribution in [0.5, 0.6) is 0 Å². The molecule has 2 heterocycles. The van der Waals surface area contributed by atoms with Gasteiger partial charge in [0.05, 0.1) is 22.9 Å². The molecule has 32 heavy (non-hydrogen) atoms. The molecule has 2 aliphatic rings. The van der Waals surface area contributed by atoms with Crippen molar-refractivity contribution in [3.8, 4) is 6.07 Å². The van der Waals surface area contributed by atoms with E-state index in [1.807, 2.05) is 30.3 Å². The third-order valence-corrected chi connectivity index (χ3v) is 6.03. The Balaban J connectivity index is 1.52. The standard InChI is InChI=1S/C27H24N4O/c28-17-20-10-13-24-23(16-20)25(27(32)30-24)26(21-6-2-1-3-7-21)29-22-11-8-19(9-12-22)18-31-14-4-5-15-31/h1-3,6-13,16,29H,4-5,14-15,18H2,(H,30,32)/b26-25-. The molecule has 0 aliphatic carbocycles. The molecule has 158 valence electrons. The zero-order valence-electron chi connectivity index (χ0n) is 17.8. The molecular weight excluding hydrogens is 396 g/mol. The van der Waals surface area contributed by atoms with E-state index in [9.17, 15) is 10.1 Å². The number of fused-ring (bicyclic) bond motifs is 1. The quantitative estimate of drug-likeness (QED) is 0.565. The first-order valence-corrected chi connectivity index (χ1v) is 11.0. The molecule has 0 unspecified atom stereocenters. The van der Waals surface area contributed by atoms with Crippen LogP contribution in [-0.2, 0) is 11.3 Å². The predicted molar refractivity (Wildman–Crippen MR) is 128 cm³/mol. The molecule has 1 saturated heterocycles. The number of nitrogens with one attached hydrogen (secondary N) is 2. The summed E-state index contributed by atoms with van der Waals surface area (Å²) >= 11 is 0. The lowest BCUT2D eigenvalue weighted by atomic mass is 9.98. The van der Waals surface area contributed by atoms with Crippen LogP contribution in [0.3, 0.4) is 0 Å². The highest BCUT2D eigenvalue weighted by atomic mass is 16.2. The van der Waals surface area contributed by atoms with Crippen LogP contribution < -0.4 is 10.6 Å². The van der Waals surface area contributed by atoms with Crippen molar-refractivity contribution in [2.45, 2.75) is 19.4 Å². The summed E-state index contributed by atoms with van der Waals surface area (Å²) in [4.78, 5) is 15.5. The monoisotopic (exact) mass is 420 g/mol. The molecule has 0 radical (unpaired) electrons. The van der Waals surface area contributed by atoms with Gasteiger partial charge in [0.15, 0.2) is 0 Å². The van der Waals surface area contributed by atoms with E-state index >= 15 is 0 Å². The van der Waals surface area contributed by atoms with Crippen LogP contribution in [0.1, 0.15) is 35.1 Å². The van der Waals surface area contributed by atoms with Crippen LogP contribution in [0.15, 0.2) is 72.8 Å². The van der Waals surface area contributed by atoms with E-state index in [0.29, 0.717) is 11.1 Å². The number of nitriles is 1. The van der Waals surface area contributed by atoms with Crippen LogP contribution in [0, 0.1) is 11.3 Å². The zero-order chi connectivity index (χ0) is 21.9. The van der Waals surface area contributed by atoms with E-state index in [2.05, 4.69) is 45.9 Å². The van der Waals surface area contributed by atoms with Gasteiger partial charge in [-0.1, -0.05) is 42.5 Å². The van der Waals surface area contributed by atoms with Crippen molar-refractivity contribution in [2.75, 3.05) is 23.7 Å². The Bertz CT molecular complexity index is 1220. The average Bonchev–Trinajstić information content (AvgIpc) is 3.45. The lowest BCUT2D eigenvalue weighted by molar-refractivity contribution is -0.110. The summed E-state index contributed by atoms with van der Waals surface area (Å²) in [5, 5.41) is 15.8. The molecule has 5 heteroatoms. The Hall–Kier alpha value is -3.88. The van der Waals surface area contributed by atoms with Gasteiger partial charge in [0.1, 0.15) is 0 Å². The highest BCUT2D eigenvalue weighted by molar-refractivity contribution is 6.37. The number of likely N-dealkylation sites (tertiary alicyclic amines) is 1. The number of carbonyl (C=O) groups is 1. The SMILES string of the molecule is N#Cc1ccc2c(c1)/C(=C(/Nc1ccc(CN3CCCC3)cc1)c1ccccc1)C(=O)N2. The van der Waals surface area contributed by atoms with E-state index in [1.54, 1.807) is 18.2 Å². The number of hydrogen-bond donors (Lipinski definition) is 2. The Labute approximate surface area is 188 Å². The van der Waals surface area contributed by atoms with Crippen molar-refractivity contribution < 1.29 is 4.79 Å². The van der Waals surface area contributed by atoms with Crippen molar-refractivity contribution >= 4 is 28.6 Å². The van der Waals surface area contributed by atoms with Gasteiger partial charge in [0, 0.05) is 23.5 Å². The molecule has 0 atom stereocenters. The fourth-order valence-electron chi connectivity index (χ4n) is 4.41. The van der Waals surface area contributed by atoms with Gasteiger partial charge >= 0.3 is 0 Å². The van der Waals surface area contributed by atoms with Crippen molar-refractivity contribution in [3.05, 3.63) is 95.1 Å². The summed E-state index contributed by atoms with van der Waals surface area (Å²) in [6.07, 6.45) is 2.56. The van der Waals surface area contributed by atoms with Crippen molar-refractivity contribution in [3.63, 3.8) is 0 Å². The van der Waals surface area contributed by atoms with Gasteiger partial charge < -0.3 is 10.6 Å². The molecule has 1 amide bonds. The summed E-state index contributed by atoms with van der Waals surface area (Å²) in [5.74, 6) is -0.174. The second-order valence-corrected chi connectivity index (χ2v) is 8.25. The fraction of sp³-hybridized carbons (Fsp3) is 0.185. The number of amides is 1. The van der Waals surface area contributed by atoms with Gasteiger partial charge in [0.25, 0.3) is 5.91 Å². The third-order valence-electron chi connectivity index (χ3n) is 6.03. The van der Waals surface area contributed by atoms with Gasteiger partial charge in [-0.2, -0.15) is 5.26 Å². The van der Waals surface area contributed by atoms with Crippen LogP contribution >= 0.6 is 0 Å². The lowest BCUT2D eigenvalue weighted by Crippen LogP contribution is -2.18. The minimum Gasteiger partial charge on any atom is -0.354 e. The van der Waals surface area contributed by atoms with Crippen LogP contribution in [0.2, 0.25) is 0 Å². The van der Waals surface area contributed by atoms with E-state index in [-0.39, 0.29) is 5.91 Å². The molecule has 5 rings (SSSR count). The number of carbonyl (C=O) groups excluding carboxylic acids is 1. The minimum atomic E-state index is -0.174. The number of hydrogen-bond acceptors (Lipinski definition) is 4. The lowest BCUT2D eigenvalue weighted by Gasteiger charge is -2.17. The summed E-state index contributed by atoms with van der Waals surface area (Å²) in [5.41, 5.74) is 6.37. The average molecular weight is 421 g/mol. The van der Waals surface area contributed by atoms with Gasteiger partial charge in [-0.05, 0) is 67.4 Å². The molecule has 1 fully saturated rings. The van der Waals surface area contributed by atoms with E-state index in [1.165, 1.54) is 31.5 Å². The number of anilines is 2. The molecule has 0 aromatic heterocycles. The first kappa shape index (κ1) is 20.0. The molecule has 2 aliphatic heterocycles. The Morgan fingerprint density at radius 1 is 1.00 bits per heavy atom. The second kappa shape index (κ2) is 8.70. The van der Waals surface area contributed by atoms with E-state index < -0.39 is 0 Å². The number of rotatable bonds is 5. The first-order valence-electron chi connectivity index (χ1n) is 11.0. The Morgan fingerprint density at radius 2 is 1.75 bits per heavy atom. The molecule has 5 nitrogen and oxygen atoms in total. The Kier molecular flexibility index (Phi) is 5.45.